The quantitative estimate of drug-likeness (QED) is 0.800. The van der Waals surface area contributed by atoms with Gasteiger partial charge in [-0.3, -0.25) is 4.57 Å². The number of hydrogen-bond acceptors (Lipinski definition) is 4. The zero-order chi connectivity index (χ0) is 17.0. The molecule has 2 aromatic carbocycles. The van der Waals surface area contributed by atoms with Crippen LogP contribution in [0.2, 0.25) is 0 Å². The van der Waals surface area contributed by atoms with Gasteiger partial charge in [0.2, 0.25) is 0 Å². The molecule has 5 nitrogen and oxygen atoms in total. The molecule has 1 saturated carbocycles. The molecule has 2 aliphatic rings. The van der Waals surface area contributed by atoms with Crippen molar-refractivity contribution in [3.63, 3.8) is 0 Å². The molecule has 1 aliphatic carbocycles. The predicted octanol–water partition coefficient (Wildman–Crippen LogP) is 2.44. The largest absolute Gasteiger partial charge is 0.389 e. The van der Waals surface area contributed by atoms with Gasteiger partial charge in [-0.15, -0.1) is 0 Å². The molecule has 0 unspecified atom stereocenters. The third kappa shape index (κ3) is 2.43. The summed E-state index contributed by atoms with van der Waals surface area (Å²) in [6.45, 7) is 1.06. The van der Waals surface area contributed by atoms with Crippen molar-refractivity contribution in [1.82, 2.24) is 9.55 Å². The van der Waals surface area contributed by atoms with Gasteiger partial charge in [0.15, 0.2) is 0 Å². The first-order valence-electron chi connectivity index (χ1n) is 8.76. The second-order valence-corrected chi connectivity index (χ2v) is 7.00. The number of hydrogen-bond donors (Lipinski definition) is 1. The normalized spacial score (nSPS) is 17.7. The lowest BCUT2D eigenvalue weighted by molar-refractivity contribution is 0.141. The minimum absolute atomic E-state index is 0.275. The summed E-state index contributed by atoms with van der Waals surface area (Å²) >= 11 is 0. The summed E-state index contributed by atoms with van der Waals surface area (Å²) in [5.41, 5.74) is 2.74. The molecular weight excluding hydrogens is 314 g/mol. The van der Waals surface area contributed by atoms with E-state index in [4.69, 9.17) is 0 Å². The molecule has 0 radical (unpaired) electrons. The summed E-state index contributed by atoms with van der Waals surface area (Å²) in [6.07, 6.45) is 2.11. The topological polar surface area (TPSA) is 58.4 Å². The molecule has 1 aromatic heterocycles. The van der Waals surface area contributed by atoms with E-state index in [-0.39, 0.29) is 11.8 Å². The van der Waals surface area contributed by atoms with Crippen LogP contribution in [0.25, 0.3) is 16.6 Å². The lowest BCUT2D eigenvalue weighted by Gasteiger charge is -2.37. The van der Waals surface area contributed by atoms with Gasteiger partial charge in [-0.1, -0.05) is 24.3 Å². The van der Waals surface area contributed by atoms with Gasteiger partial charge in [-0.25, -0.2) is 4.79 Å². The van der Waals surface area contributed by atoms with Gasteiger partial charge in [-0.05, 0) is 48.6 Å². The molecule has 1 saturated heterocycles. The smallest absolute Gasteiger partial charge is 0.354 e. The zero-order valence-corrected chi connectivity index (χ0v) is 13.8. The molecular formula is C20H19N3O2. The maximum Gasteiger partial charge on any atom is 0.354 e. The van der Waals surface area contributed by atoms with Crippen LogP contribution in [0.4, 0.5) is 5.82 Å². The van der Waals surface area contributed by atoms with Crippen molar-refractivity contribution in [2.24, 2.45) is 0 Å². The number of anilines is 1. The van der Waals surface area contributed by atoms with Crippen LogP contribution in [0.3, 0.4) is 0 Å². The average molecular weight is 333 g/mol. The molecule has 25 heavy (non-hydrogen) atoms. The van der Waals surface area contributed by atoms with Crippen LogP contribution in [0.15, 0.2) is 53.3 Å². The number of β-amino-alcohol motifs (C(OH)–C–C–N with tert-alkyl or cyclic N) is 1. The van der Waals surface area contributed by atoms with Crippen molar-refractivity contribution < 1.29 is 5.11 Å². The lowest BCUT2D eigenvalue weighted by atomic mass is 10.1. The van der Waals surface area contributed by atoms with Gasteiger partial charge in [0.25, 0.3) is 0 Å². The number of aliphatic hydroxyl groups excluding tert-OH is 1. The van der Waals surface area contributed by atoms with Crippen LogP contribution in [0.1, 0.15) is 24.3 Å². The number of aromatic nitrogens is 2. The fourth-order valence-electron chi connectivity index (χ4n) is 3.59. The van der Waals surface area contributed by atoms with Crippen molar-refractivity contribution >= 4 is 16.7 Å². The van der Waals surface area contributed by atoms with Gasteiger partial charge in [0.05, 0.1) is 17.3 Å². The van der Waals surface area contributed by atoms with Crippen molar-refractivity contribution in [2.45, 2.75) is 24.9 Å². The average Bonchev–Trinajstić information content (AvgIpc) is 3.44. The fourth-order valence-corrected chi connectivity index (χ4v) is 3.59. The highest BCUT2D eigenvalue weighted by molar-refractivity contribution is 5.91. The Labute approximate surface area is 145 Å². The molecule has 2 fully saturated rings. The maximum atomic E-state index is 12.8. The van der Waals surface area contributed by atoms with Gasteiger partial charge >= 0.3 is 5.69 Å². The van der Waals surface area contributed by atoms with Crippen molar-refractivity contribution in [3.05, 3.63) is 64.6 Å². The number of fused-ring (bicyclic) bond motifs is 1. The third-order valence-electron chi connectivity index (χ3n) is 5.12. The van der Waals surface area contributed by atoms with Crippen molar-refractivity contribution in [1.29, 1.82) is 0 Å². The van der Waals surface area contributed by atoms with Gasteiger partial charge < -0.3 is 10.0 Å². The second-order valence-electron chi connectivity index (χ2n) is 7.00. The van der Waals surface area contributed by atoms with Crippen LogP contribution in [0.5, 0.6) is 0 Å². The highest BCUT2D eigenvalue weighted by Crippen LogP contribution is 2.41. The number of benzene rings is 2. The summed E-state index contributed by atoms with van der Waals surface area (Å²) in [7, 11) is 0. The summed E-state index contributed by atoms with van der Waals surface area (Å²) < 4.78 is 1.70. The molecule has 126 valence electrons. The van der Waals surface area contributed by atoms with E-state index in [9.17, 15) is 9.90 Å². The first-order chi connectivity index (χ1) is 12.2. The Balaban J connectivity index is 1.78. The van der Waals surface area contributed by atoms with E-state index in [0.29, 0.717) is 24.8 Å². The second kappa shape index (κ2) is 5.43. The molecule has 1 N–H and O–H groups in total. The Kier molecular flexibility index (Phi) is 3.18. The molecule has 2 heterocycles. The van der Waals surface area contributed by atoms with Gasteiger partial charge in [0, 0.05) is 18.5 Å². The molecule has 0 spiro atoms. The van der Waals surface area contributed by atoms with E-state index in [1.807, 2.05) is 35.2 Å². The van der Waals surface area contributed by atoms with E-state index >= 15 is 0 Å². The zero-order valence-electron chi connectivity index (χ0n) is 13.8. The van der Waals surface area contributed by atoms with Crippen molar-refractivity contribution in [2.75, 3.05) is 18.0 Å². The monoisotopic (exact) mass is 333 g/mol. The molecule has 1 aliphatic heterocycles. The summed E-state index contributed by atoms with van der Waals surface area (Å²) in [6, 6.07) is 16.0. The predicted molar refractivity (Wildman–Crippen MR) is 97.5 cm³/mol. The number of aliphatic hydroxyl groups is 1. The SMILES string of the molecule is O=c1nc(N2CC(O)C2)c2ccc(C3CC3)cc2n1-c1ccccc1. The van der Waals surface area contributed by atoms with E-state index < -0.39 is 0 Å². The third-order valence-corrected chi connectivity index (χ3v) is 5.12. The van der Waals surface area contributed by atoms with E-state index in [2.05, 4.69) is 23.2 Å². The van der Waals surface area contributed by atoms with Crippen LogP contribution >= 0.6 is 0 Å². The number of para-hydroxylation sites is 1. The highest BCUT2D eigenvalue weighted by Gasteiger charge is 2.29. The molecule has 5 heteroatoms. The molecule has 0 amide bonds. The van der Waals surface area contributed by atoms with Crippen LogP contribution < -0.4 is 10.6 Å². The van der Waals surface area contributed by atoms with Gasteiger partial charge in [0.1, 0.15) is 5.82 Å². The molecule has 3 aromatic rings. The minimum atomic E-state index is -0.334. The summed E-state index contributed by atoms with van der Waals surface area (Å²) in [5.74, 6) is 1.30. The Hall–Kier alpha value is -2.66. The molecule has 0 bridgehead atoms. The Bertz CT molecular complexity index is 1000. The van der Waals surface area contributed by atoms with E-state index in [1.165, 1.54) is 18.4 Å². The van der Waals surface area contributed by atoms with E-state index in [1.54, 1.807) is 4.57 Å². The summed E-state index contributed by atoms with van der Waals surface area (Å²) in [4.78, 5) is 19.2. The highest BCUT2D eigenvalue weighted by atomic mass is 16.3. The van der Waals surface area contributed by atoms with Crippen LogP contribution in [-0.4, -0.2) is 33.9 Å². The fraction of sp³-hybridized carbons (Fsp3) is 0.300. The van der Waals surface area contributed by atoms with Crippen LogP contribution in [0, 0.1) is 0 Å². The Morgan fingerprint density at radius 1 is 1.04 bits per heavy atom. The Morgan fingerprint density at radius 2 is 1.80 bits per heavy atom. The molecule has 5 rings (SSSR count). The van der Waals surface area contributed by atoms with E-state index in [0.717, 1.165) is 16.6 Å². The van der Waals surface area contributed by atoms with Gasteiger partial charge in [-0.2, -0.15) is 4.98 Å². The first kappa shape index (κ1) is 14.7. The lowest BCUT2D eigenvalue weighted by Crippen LogP contribution is -2.51. The Morgan fingerprint density at radius 3 is 2.48 bits per heavy atom. The standard InChI is InChI=1S/C20H19N3O2/c24-16-11-22(12-16)19-17-9-8-14(13-6-7-13)10-18(17)23(20(25)21-19)15-4-2-1-3-5-15/h1-5,8-10,13,16,24H,6-7,11-12H2. The minimum Gasteiger partial charge on any atom is -0.389 e. The number of nitrogens with zero attached hydrogens (tertiary/aromatic N) is 3. The molecule has 0 atom stereocenters. The summed E-state index contributed by atoms with van der Waals surface area (Å²) in [5, 5.41) is 10.6. The first-order valence-corrected chi connectivity index (χ1v) is 8.76. The van der Waals surface area contributed by atoms with Crippen molar-refractivity contribution in [3.8, 4) is 5.69 Å². The van der Waals surface area contributed by atoms with Crippen LogP contribution in [-0.2, 0) is 0 Å². The number of rotatable bonds is 3. The maximum absolute atomic E-state index is 12.8.